The van der Waals surface area contributed by atoms with Gasteiger partial charge in [0.05, 0.1) is 22.1 Å². The molecule has 0 aliphatic heterocycles. The minimum Gasteiger partial charge on any atom is -0.335 e. The van der Waals surface area contributed by atoms with E-state index >= 15 is 0 Å². The van der Waals surface area contributed by atoms with E-state index in [0.717, 1.165) is 12.2 Å². The van der Waals surface area contributed by atoms with E-state index in [1.807, 2.05) is 27.0 Å². The van der Waals surface area contributed by atoms with Crippen LogP contribution >= 0.6 is 0 Å². The number of hydrogen-bond acceptors (Lipinski definition) is 2. The van der Waals surface area contributed by atoms with Gasteiger partial charge in [-0.3, -0.25) is 5.14 Å². The standard InChI is InChI=1S/C10H19N3OS/c1-5-13-7-12-6-9(13)8(2)10(3,4)15(11)14/h6-8H,5,11H2,1-4H3. The van der Waals surface area contributed by atoms with Gasteiger partial charge in [-0.15, -0.1) is 0 Å². The molecule has 0 aliphatic carbocycles. The molecule has 1 aromatic rings. The summed E-state index contributed by atoms with van der Waals surface area (Å²) in [5.41, 5.74) is 1.08. The Morgan fingerprint density at radius 2 is 2.27 bits per heavy atom. The summed E-state index contributed by atoms with van der Waals surface area (Å²) in [5, 5.41) is 5.51. The first kappa shape index (κ1) is 12.4. The molecule has 1 heterocycles. The van der Waals surface area contributed by atoms with Crippen molar-refractivity contribution < 1.29 is 4.21 Å². The van der Waals surface area contributed by atoms with Crippen molar-refractivity contribution in [2.75, 3.05) is 0 Å². The maximum Gasteiger partial charge on any atom is 0.0952 e. The summed E-state index contributed by atoms with van der Waals surface area (Å²) < 4.78 is 13.1. The molecule has 0 saturated carbocycles. The highest BCUT2D eigenvalue weighted by atomic mass is 32.2. The Kier molecular flexibility index (Phi) is 3.67. The highest BCUT2D eigenvalue weighted by Crippen LogP contribution is 2.30. The van der Waals surface area contributed by atoms with Gasteiger partial charge in [0.15, 0.2) is 0 Å². The van der Waals surface area contributed by atoms with E-state index in [0.29, 0.717) is 0 Å². The first-order valence-electron chi connectivity index (χ1n) is 5.07. The van der Waals surface area contributed by atoms with Gasteiger partial charge in [-0.1, -0.05) is 6.92 Å². The van der Waals surface area contributed by atoms with Crippen molar-refractivity contribution in [2.24, 2.45) is 5.14 Å². The van der Waals surface area contributed by atoms with E-state index in [1.54, 1.807) is 6.33 Å². The Morgan fingerprint density at radius 3 is 2.73 bits per heavy atom. The van der Waals surface area contributed by atoms with Crippen LogP contribution in [0.3, 0.4) is 0 Å². The van der Waals surface area contributed by atoms with Gasteiger partial charge >= 0.3 is 0 Å². The van der Waals surface area contributed by atoms with Gasteiger partial charge in [0, 0.05) is 24.4 Å². The van der Waals surface area contributed by atoms with Crippen LogP contribution in [0.4, 0.5) is 0 Å². The van der Waals surface area contributed by atoms with Crippen LogP contribution in [-0.2, 0) is 17.5 Å². The van der Waals surface area contributed by atoms with E-state index in [1.165, 1.54) is 0 Å². The molecule has 0 fully saturated rings. The summed E-state index contributed by atoms with van der Waals surface area (Å²) in [4.78, 5) is 4.11. The zero-order valence-electron chi connectivity index (χ0n) is 9.73. The SMILES string of the molecule is CCn1cncc1C(C)C(C)(C)S(N)=O. The van der Waals surface area contributed by atoms with Crippen molar-refractivity contribution in [1.29, 1.82) is 0 Å². The van der Waals surface area contributed by atoms with Crippen molar-refractivity contribution in [2.45, 2.75) is 44.9 Å². The lowest BCUT2D eigenvalue weighted by atomic mass is 9.94. The van der Waals surface area contributed by atoms with Crippen LogP contribution in [-0.4, -0.2) is 18.5 Å². The van der Waals surface area contributed by atoms with Gasteiger partial charge in [0.2, 0.25) is 0 Å². The van der Waals surface area contributed by atoms with Crippen molar-refractivity contribution in [3.05, 3.63) is 18.2 Å². The van der Waals surface area contributed by atoms with Gasteiger partial charge in [-0.05, 0) is 20.8 Å². The maximum atomic E-state index is 11.5. The minimum absolute atomic E-state index is 0.116. The van der Waals surface area contributed by atoms with Gasteiger partial charge in [0.1, 0.15) is 0 Å². The summed E-state index contributed by atoms with van der Waals surface area (Å²) in [7, 11) is -1.34. The average Bonchev–Trinajstić information content (AvgIpc) is 2.63. The van der Waals surface area contributed by atoms with Crippen molar-refractivity contribution in [3.63, 3.8) is 0 Å². The third-order valence-corrected chi connectivity index (χ3v) is 4.48. The van der Waals surface area contributed by atoms with Crippen LogP contribution in [0.25, 0.3) is 0 Å². The number of imidazole rings is 1. The van der Waals surface area contributed by atoms with Gasteiger partial charge in [-0.25, -0.2) is 9.19 Å². The first-order chi connectivity index (χ1) is 6.91. The molecule has 0 aromatic carbocycles. The van der Waals surface area contributed by atoms with E-state index < -0.39 is 15.7 Å². The molecule has 2 atom stereocenters. The summed E-state index contributed by atoms with van der Waals surface area (Å²) in [6, 6.07) is 0. The molecule has 2 N–H and O–H groups in total. The highest BCUT2D eigenvalue weighted by molar-refractivity contribution is 7.84. The average molecular weight is 229 g/mol. The topological polar surface area (TPSA) is 60.9 Å². The summed E-state index contributed by atoms with van der Waals surface area (Å²) in [6.07, 6.45) is 3.62. The zero-order valence-corrected chi connectivity index (χ0v) is 10.5. The molecule has 0 amide bonds. The predicted molar refractivity (Wildman–Crippen MR) is 62.7 cm³/mol. The van der Waals surface area contributed by atoms with Crippen LogP contribution in [0.5, 0.6) is 0 Å². The fourth-order valence-corrected chi connectivity index (χ4v) is 1.96. The summed E-state index contributed by atoms with van der Waals surface area (Å²) in [6.45, 7) is 8.80. The Labute approximate surface area is 93.5 Å². The Hall–Kier alpha value is -0.680. The molecular weight excluding hydrogens is 210 g/mol. The lowest BCUT2D eigenvalue weighted by molar-refractivity contribution is 0.520. The fraction of sp³-hybridized carbons (Fsp3) is 0.700. The molecule has 4 nitrogen and oxygen atoms in total. The maximum absolute atomic E-state index is 11.5. The highest BCUT2D eigenvalue weighted by Gasteiger charge is 2.33. The number of nitrogens with zero attached hydrogens (tertiary/aromatic N) is 2. The van der Waals surface area contributed by atoms with Crippen LogP contribution < -0.4 is 5.14 Å². The fourth-order valence-electron chi connectivity index (χ4n) is 1.49. The molecule has 0 spiro atoms. The molecule has 0 aliphatic rings. The molecular formula is C10H19N3OS. The molecule has 5 heteroatoms. The van der Waals surface area contributed by atoms with Crippen molar-refractivity contribution in [3.8, 4) is 0 Å². The summed E-state index contributed by atoms with van der Waals surface area (Å²) >= 11 is 0. The molecule has 15 heavy (non-hydrogen) atoms. The van der Waals surface area contributed by atoms with E-state index in [9.17, 15) is 4.21 Å². The van der Waals surface area contributed by atoms with Crippen LogP contribution in [0.1, 0.15) is 39.3 Å². The number of nitrogens with two attached hydrogens (primary N) is 1. The largest absolute Gasteiger partial charge is 0.335 e. The van der Waals surface area contributed by atoms with E-state index in [2.05, 4.69) is 16.5 Å². The molecule has 0 bridgehead atoms. The predicted octanol–water partition coefficient (Wildman–Crippen LogP) is 1.41. The number of rotatable bonds is 4. The van der Waals surface area contributed by atoms with Crippen LogP contribution in [0, 0.1) is 0 Å². The van der Waals surface area contributed by atoms with E-state index in [-0.39, 0.29) is 5.92 Å². The second-order valence-electron chi connectivity index (χ2n) is 4.23. The number of aromatic nitrogens is 2. The quantitative estimate of drug-likeness (QED) is 0.848. The first-order valence-corrected chi connectivity index (χ1v) is 6.28. The van der Waals surface area contributed by atoms with Crippen molar-refractivity contribution in [1.82, 2.24) is 9.55 Å². The molecule has 1 aromatic heterocycles. The normalized spacial score (nSPS) is 16.3. The van der Waals surface area contributed by atoms with Gasteiger partial charge < -0.3 is 4.57 Å². The molecule has 2 unspecified atom stereocenters. The third kappa shape index (κ3) is 2.29. The smallest absolute Gasteiger partial charge is 0.0952 e. The molecule has 0 radical (unpaired) electrons. The lowest BCUT2D eigenvalue weighted by Gasteiger charge is -2.29. The Bertz CT molecular complexity index is 359. The minimum atomic E-state index is -1.34. The second-order valence-corrected chi connectivity index (χ2v) is 5.87. The third-order valence-electron chi connectivity index (χ3n) is 3.09. The summed E-state index contributed by atoms with van der Waals surface area (Å²) in [5.74, 6) is 0.116. The van der Waals surface area contributed by atoms with E-state index in [4.69, 9.17) is 5.14 Å². The monoisotopic (exact) mass is 229 g/mol. The number of aryl methyl sites for hydroxylation is 1. The molecule has 1 rings (SSSR count). The Balaban J connectivity index is 3.03. The van der Waals surface area contributed by atoms with Crippen LogP contribution in [0.15, 0.2) is 12.5 Å². The zero-order chi connectivity index (χ0) is 11.6. The lowest BCUT2D eigenvalue weighted by Crippen LogP contribution is -2.37. The number of hydrogen-bond donors (Lipinski definition) is 1. The molecule has 86 valence electrons. The van der Waals surface area contributed by atoms with Gasteiger partial charge in [0.25, 0.3) is 0 Å². The Morgan fingerprint density at radius 1 is 1.67 bits per heavy atom. The van der Waals surface area contributed by atoms with Crippen molar-refractivity contribution >= 4 is 11.0 Å². The van der Waals surface area contributed by atoms with Crippen LogP contribution in [0.2, 0.25) is 0 Å². The second kappa shape index (κ2) is 4.45. The van der Waals surface area contributed by atoms with Gasteiger partial charge in [-0.2, -0.15) is 0 Å². The molecule has 0 saturated heterocycles.